The van der Waals surface area contributed by atoms with E-state index in [4.69, 9.17) is 4.18 Å². The molecule has 1 saturated carbocycles. The normalized spacial score (nSPS) is 15.9. The third-order valence-corrected chi connectivity index (χ3v) is 11.2. The first-order chi connectivity index (χ1) is 19.1. The molecule has 1 unspecified atom stereocenters. The van der Waals surface area contributed by atoms with Gasteiger partial charge in [-0.15, -0.1) is 0 Å². The number of benzene rings is 2. The number of hydrogen-bond donors (Lipinski definition) is 0. The van der Waals surface area contributed by atoms with Crippen LogP contribution in [0.1, 0.15) is 43.9 Å². The van der Waals surface area contributed by atoms with Crippen molar-refractivity contribution in [2.75, 3.05) is 5.75 Å². The number of fused-ring (bicyclic) bond motifs is 1. The lowest BCUT2D eigenvalue weighted by molar-refractivity contribution is 0.457. The van der Waals surface area contributed by atoms with Crippen molar-refractivity contribution >= 4 is 47.7 Å². The third-order valence-electron chi connectivity index (χ3n) is 6.93. The zero-order valence-electron chi connectivity index (χ0n) is 22.2. The van der Waals surface area contributed by atoms with E-state index < -0.39 is 30.9 Å². The Morgan fingerprint density at radius 2 is 1.68 bits per heavy atom. The summed E-state index contributed by atoms with van der Waals surface area (Å²) >= 11 is 0. The molecule has 0 bridgehead atoms. The van der Waals surface area contributed by atoms with Gasteiger partial charge in [0.05, 0.1) is 20.6 Å². The van der Waals surface area contributed by atoms with E-state index in [1.165, 1.54) is 30.5 Å². The van der Waals surface area contributed by atoms with Crippen molar-refractivity contribution in [2.24, 2.45) is 5.92 Å². The van der Waals surface area contributed by atoms with Crippen molar-refractivity contribution in [3.63, 3.8) is 0 Å². The molecule has 1 atom stereocenters. The fourth-order valence-electron chi connectivity index (χ4n) is 4.82. The lowest BCUT2D eigenvalue weighted by Crippen LogP contribution is -2.18. The summed E-state index contributed by atoms with van der Waals surface area (Å²) in [5, 5.41) is 0.405. The van der Waals surface area contributed by atoms with Gasteiger partial charge in [0.15, 0.2) is 11.4 Å². The SMILES string of the molecule is CCS(=O)c1cnc2c(c1)cc(C(=CC1CCCC1)OS(=O)(=O)c1ccc(C)cc1)n2S(=O)(=O)c1ccccc1. The Bertz CT molecular complexity index is 1800. The molecule has 0 spiro atoms. The molecular formula is C29H30N2O6S3. The second-order valence-electron chi connectivity index (χ2n) is 9.76. The molecule has 40 heavy (non-hydrogen) atoms. The summed E-state index contributed by atoms with van der Waals surface area (Å²) in [4.78, 5) is 4.82. The minimum absolute atomic E-state index is 0.0124. The van der Waals surface area contributed by atoms with E-state index in [0.29, 0.717) is 16.0 Å². The van der Waals surface area contributed by atoms with Gasteiger partial charge in [0.25, 0.3) is 10.0 Å². The molecule has 2 aromatic carbocycles. The Labute approximate surface area is 237 Å². The second kappa shape index (κ2) is 11.3. The molecule has 210 valence electrons. The van der Waals surface area contributed by atoms with Crippen LogP contribution in [-0.4, -0.2) is 35.8 Å². The Morgan fingerprint density at radius 3 is 2.33 bits per heavy atom. The number of aromatic nitrogens is 2. The molecule has 0 N–H and O–H groups in total. The van der Waals surface area contributed by atoms with E-state index in [2.05, 4.69) is 4.98 Å². The van der Waals surface area contributed by atoms with Gasteiger partial charge in [0, 0.05) is 17.3 Å². The average Bonchev–Trinajstić information content (AvgIpc) is 3.60. The Hall–Kier alpha value is -3.28. The summed E-state index contributed by atoms with van der Waals surface area (Å²) in [6.07, 6.45) is 6.75. The highest BCUT2D eigenvalue weighted by atomic mass is 32.2. The highest BCUT2D eigenvalue weighted by Gasteiger charge is 2.30. The highest BCUT2D eigenvalue weighted by Crippen LogP contribution is 2.35. The van der Waals surface area contributed by atoms with Gasteiger partial charge in [-0.2, -0.15) is 8.42 Å². The van der Waals surface area contributed by atoms with E-state index in [1.54, 1.807) is 55.5 Å². The summed E-state index contributed by atoms with van der Waals surface area (Å²) in [5.74, 6) is 0.307. The number of rotatable bonds is 9. The summed E-state index contributed by atoms with van der Waals surface area (Å²) in [6.45, 7) is 3.63. The Morgan fingerprint density at radius 1 is 1.00 bits per heavy atom. The summed E-state index contributed by atoms with van der Waals surface area (Å²) in [7, 11) is -9.86. The first kappa shape index (κ1) is 28.3. The van der Waals surface area contributed by atoms with Gasteiger partial charge in [0.1, 0.15) is 10.6 Å². The van der Waals surface area contributed by atoms with E-state index in [0.717, 1.165) is 35.2 Å². The van der Waals surface area contributed by atoms with Crippen molar-refractivity contribution in [1.29, 1.82) is 0 Å². The van der Waals surface area contributed by atoms with Gasteiger partial charge in [-0.25, -0.2) is 17.4 Å². The maximum atomic E-state index is 14.1. The molecule has 2 aromatic heterocycles. The van der Waals surface area contributed by atoms with Gasteiger partial charge in [-0.3, -0.25) is 4.21 Å². The van der Waals surface area contributed by atoms with Gasteiger partial charge < -0.3 is 4.18 Å². The number of pyridine rings is 1. The van der Waals surface area contributed by atoms with Crippen LogP contribution in [0, 0.1) is 12.8 Å². The molecule has 5 rings (SSSR count). The van der Waals surface area contributed by atoms with Crippen LogP contribution in [0.5, 0.6) is 0 Å². The van der Waals surface area contributed by atoms with Crippen LogP contribution < -0.4 is 0 Å². The predicted molar refractivity (Wildman–Crippen MR) is 155 cm³/mol. The van der Waals surface area contributed by atoms with Crippen LogP contribution in [0.3, 0.4) is 0 Å². The number of hydrogen-bond acceptors (Lipinski definition) is 7. The first-order valence-corrected chi connectivity index (χ1v) is 17.2. The molecule has 8 nitrogen and oxygen atoms in total. The van der Waals surface area contributed by atoms with Crippen molar-refractivity contribution in [1.82, 2.24) is 8.96 Å². The molecular weight excluding hydrogens is 569 g/mol. The number of nitrogens with zero attached hydrogens (tertiary/aromatic N) is 2. The van der Waals surface area contributed by atoms with Crippen LogP contribution in [-0.2, 0) is 35.1 Å². The fraction of sp³-hybridized carbons (Fsp3) is 0.276. The van der Waals surface area contributed by atoms with E-state index in [-0.39, 0.29) is 32.8 Å². The minimum Gasteiger partial charge on any atom is -0.377 e. The monoisotopic (exact) mass is 598 g/mol. The molecule has 0 aliphatic heterocycles. The van der Waals surface area contributed by atoms with Crippen LogP contribution in [0.2, 0.25) is 0 Å². The van der Waals surface area contributed by atoms with Crippen LogP contribution in [0.4, 0.5) is 0 Å². The summed E-state index contributed by atoms with van der Waals surface area (Å²) in [5.41, 5.74) is 1.01. The molecule has 1 aliphatic carbocycles. The molecule has 1 aliphatic rings. The van der Waals surface area contributed by atoms with Crippen molar-refractivity contribution in [2.45, 2.75) is 54.2 Å². The van der Waals surface area contributed by atoms with Crippen molar-refractivity contribution in [3.05, 3.63) is 90.3 Å². The predicted octanol–water partition coefficient (Wildman–Crippen LogP) is 5.65. The van der Waals surface area contributed by atoms with Crippen LogP contribution >= 0.6 is 0 Å². The molecule has 1 fully saturated rings. The van der Waals surface area contributed by atoms with Gasteiger partial charge in [0.2, 0.25) is 0 Å². The molecule has 2 heterocycles. The topological polar surface area (TPSA) is 112 Å². The zero-order chi connectivity index (χ0) is 28.5. The van der Waals surface area contributed by atoms with E-state index in [1.807, 2.05) is 6.92 Å². The van der Waals surface area contributed by atoms with Crippen molar-refractivity contribution in [3.8, 4) is 0 Å². The molecule has 0 radical (unpaired) electrons. The second-order valence-corrected chi connectivity index (χ2v) is 14.8. The molecule has 11 heteroatoms. The maximum absolute atomic E-state index is 14.1. The lowest BCUT2D eigenvalue weighted by Gasteiger charge is -2.16. The highest BCUT2D eigenvalue weighted by molar-refractivity contribution is 7.90. The quantitative estimate of drug-likeness (QED) is 0.181. The molecule has 4 aromatic rings. The van der Waals surface area contributed by atoms with Gasteiger partial charge in [-0.05, 0) is 68.2 Å². The van der Waals surface area contributed by atoms with Gasteiger partial charge >= 0.3 is 10.1 Å². The fourth-order valence-corrected chi connectivity index (χ4v) is 8.02. The maximum Gasteiger partial charge on any atom is 0.339 e. The van der Waals surface area contributed by atoms with Crippen LogP contribution in [0.15, 0.2) is 93.7 Å². The Balaban J connectivity index is 1.75. The third kappa shape index (κ3) is 5.63. The summed E-state index contributed by atoms with van der Waals surface area (Å²) < 4.78 is 74.3. The van der Waals surface area contributed by atoms with E-state index in [9.17, 15) is 21.0 Å². The van der Waals surface area contributed by atoms with Crippen molar-refractivity contribution < 1.29 is 25.2 Å². The number of aryl methyl sites for hydroxylation is 1. The van der Waals surface area contributed by atoms with E-state index >= 15 is 0 Å². The average molecular weight is 599 g/mol. The standard InChI is InChI=1S/C29H30N2O6S3/c1-3-38(32)24-18-23-19-27(31(29(23)30-20-24)39(33,34)25-11-5-4-6-12-25)28(17-22-9-7-8-10-22)37-40(35,36)26-15-13-21(2)14-16-26/h4-6,11-20,22H,3,7-10H2,1-2H3. The molecule has 0 amide bonds. The largest absolute Gasteiger partial charge is 0.377 e. The lowest BCUT2D eigenvalue weighted by atomic mass is 10.1. The Kier molecular flexibility index (Phi) is 7.98. The van der Waals surface area contributed by atoms with Crippen LogP contribution in [0.25, 0.3) is 16.8 Å². The van der Waals surface area contributed by atoms with Gasteiger partial charge in [-0.1, -0.05) is 55.7 Å². The minimum atomic E-state index is -4.30. The first-order valence-electron chi connectivity index (χ1n) is 13.0. The molecule has 0 saturated heterocycles. The number of allylic oxidation sites excluding steroid dienone is 1. The zero-order valence-corrected chi connectivity index (χ0v) is 24.6. The smallest absolute Gasteiger partial charge is 0.339 e. The summed E-state index contributed by atoms with van der Waals surface area (Å²) in [6, 6.07) is 17.3.